The number of Topliss-reactive ketones (excluding diaryl/α,β-unsaturated/α-hetero) is 1. The summed E-state index contributed by atoms with van der Waals surface area (Å²) in [5.41, 5.74) is -0.636. The van der Waals surface area contributed by atoms with Crippen molar-refractivity contribution in [1.29, 1.82) is 0 Å². The number of likely N-dealkylation sites (N-methyl/N-ethyl adjacent to an activating group) is 1. The van der Waals surface area contributed by atoms with Gasteiger partial charge in [0.1, 0.15) is 5.75 Å². The van der Waals surface area contributed by atoms with Crippen LogP contribution in [0.25, 0.3) is 0 Å². The minimum atomic E-state index is -4.66. The number of alkyl halides is 3. The molecule has 0 saturated carbocycles. The van der Waals surface area contributed by atoms with Gasteiger partial charge in [0.15, 0.2) is 12.4 Å². The van der Waals surface area contributed by atoms with E-state index < -0.39 is 35.1 Å². The molecule has 0 spiro atoms. The molecule has 0 aliphatic rings. The van der Waals surface area contributed by atoms with Crippen molar-refractivity contribution in [3.8, 4) is 5.75 Å². The number of amides is 2. The van der Waals surface area contributed by atoms with E-state index >= 15 is 0 Å². The Balaban J connectivity index is 1.88. The summed E-state index contributed by atoms with van der Waals surface area (Å²) in [7, 11) is 1.36. The zero-order valence-electron chi connectivity index (χ0n) is 16.8. The lowest BCUT2D eigenvalue weighted by molar-refractivity contribution is -0.137. The topological polar surface area (TPSA) is 75.7 Å². The first-order chi connectivity index (χ1) is 14.5. The number of hydrogen-bond donors (Lipinski definition) is 1. The molecular formula is C21H20ClF3N2O4. The molecule has 2 amide bonds. The van der Waals surface area contributed by atoms with Crippen LogP contribution in [0.4, 0.5) is 18.9 Å². The number of nitrogens with zero attached hydrogens (tertiary/aromatic N) is 1. The highest BCUT2D eigenvalue weighted by atomic mass is 35.5. The predicted octanol–water partition coefficient (Wildman–Crippen LogP) is 4.43. The van der Waals surface area contributed by atoms with Crippen LogP contribution in [0.3, 0.4) is 0 Å². The summed E-state index contributed by atoms with van der Waals surface area (Å²) in [4.78, 5) is 36.9. The average Bonchev–Trinajstić information content (AvgIpc) is 2.72. The number of hydrogen-bond acceptors (Lipinski definition) is 4. The van der Waals surface area contributed by atoms with Crippen LogP contribution in [0.5, 0.6) is 5.75 Å². The van der Waals surface area contributed by atoms with Crippen LogP contribution in [-0.4, -0.2) is 42.7 Å². The monoisotopic (exact) mass is 456 g/mol. The van der Waals surface area contributed by atoms with Crippen molar-refractivity contribution in [2.45, 2.75) is 19.5 Å². The number of ether oxygens (including phenoxy) is 1. The fourth-order valence-corrected chi connectivity index (χ4v) is 2.75. The number of benzene rings is 2. The summed E-state index contributed by atoms with van der Waals surface area (Å²) in [6.07, 6.45) is -4.29. The molecule has 6 nitrogen and oxygen atoms in total. The Morgan fingerprint density at radius 2 is 1.74 bits per heavy atom. The second-order valence-corrected chi connectivity index (χ2v) is 6.99. The molecule has 0 heterocycles. The number of rotatable bonds is 8. The van der Waals surface area contributed by atoms with Crippen molar-refractivity contribution in [3.05, 3.63) is 58.6 Å². The maximum Gasteiger partial charge on any atom is 0.417 e. The second-order valence-electron chi connectivity index (χ2n) is 6.58. The Bertz CT molecular complexity index is 962. The van der Waals surface area contributed by atoms with Crippen LogP contribution in [0.1, 0.15) is 29.3 Å². The van der Waals surface area contributed by atoms with E-state index in [2.05, 4.69) is 5.32 Å². The van der Waals surface area contributed by atoms with Crippen LogP contribution in [-0.2, 0) is 15.8 Å². The van der Waals surface area contributed by atoms with Gasteiger partial charge >= 0.3 is 6.18 Å². The molecule has 0 saturated heterocycles. The first-order valence-corrected chi connectivity index (χ1v) is 9.55. The maximum atomic E-state index is 12.9. The van der Waals surface area contributed by atoms with Gasteiger partial charge in [-0.1, -0.05) is 18.5 Å². The van der Waals surface area contributed by atoms with E-state index in [-0.39, 0.29) is 18.1 Å². The Hall–Kier alpha value is -3.07. The minimum absolute atomic E-state index is 0.0172. The molecule has 0 radical (unpaired) electrons. The standard InChI is InChI=1S/C21H20ClF3N2O4/c1-3-18(28)13-4-7-15(8-5-13)31-12-20(30)27(2)11-19(29)26-14-6-9-17(22)16(10-14)21(23,24)25/h4-10H,3,11-12H2,1-2H3,(H,26,29). The fraction of sp³-hybridized carbons (Fsp3) is 0.286. The predicted molar refractivity (Wildman–Crippen MR) is 109 cm³/mol. The van der Waals surface area contributed by atoms with Crippen molar-refractivity contribution in [3.63, 3.8) is 0 Å². The van der Waals surface area contributed by atoms with Crippen LogP contribution in [0.2, 0.25) is 5.02 Å². The van der Waals surface area contributed by atoms with Crippen molar-refractivity contribution in [1.82, 2.24) is 4.90 Å². The van der Waals surface area contributed by atoms with Crippen LogP contribution >= 0.6 is 11.6 Å². The number of ketones is 1. The van der Waals surface area contributed by atoms with Gasteiger partial charge in [-0.25, -0.2) is 0 Å². The first kappa shape index (κ1) is 24.2. The van der Waals surface area contributed by atoms with E-state index in [1.165, 1.54) is 13.1 Å². The lowest BCUT2D eigenvalue weighted by Crippen LogP contribution is -2.37. The van der Waals surface area contributed by atoms with Gasteiger partial charge in [-0.2, -0.15) is 13.2 Å². The Labute approximate surface area is 181 Å². The second kappa shape index (κ2) is 10.3. The number of halogens is 4. The Kier molecular flexibility index (Phi) is 8.04. The zero-order chi connectivity index (χ0) is 23.2. The van der Waals surface area contributed by atoms with Gasteiger partial charge in [-0.15, -0.1) is 0 Å². The summed E-state index contributed by atoms with van der Waals surface area (Å²) in [5, 5.41) is 1.82. The SMILES string of the molecule is CCC(=O)c1ccc(OCC(=O)N(C)CC(=O)Nc2ccc(Cl)c(C(F)(F)F)c2)cc1. The van der Waals surface area contributed by atoms with Gasteiger partial charge in [0.05, 0.1) is 17.1 Å². The van der Waals surface area contributed by atoms with E-state index in [4.69, 9.17) is 16.3 Å². The summed E-state index contributed by atoms with van der Waals surface area (Å²) >= 11 is 5.54. The zero-order valence-corrected chi connectivity index (χ0v) is 17.5. The number of carbonyl (C=O) groups excluding carboxylic acids is 3. The summed E-state index contributed by atoms with van der Waals surface area (Å²) < 4.78 is 44.1. The third-order valence-corrected chi connectivity index (χ3v) is 4.55. The highest BCUT2D eigenvalue weighted by Gasteiger charge is 2.33. The van der Waals surface area contributed by atoms with Gasteiger partial charge in [0.2, 0.25) is 5.91 Å². The number of nitrogens with one attached hydrogen (secondary N) is 1. The molecule has 2 aromatic rings. The maximum absolute atomic E-state index is 12.9. The van der Waals surface area contributed by atoms with Crippen molar-refractivity contribution in [2.75, 3.05) is 25.5 Å². The third-order valence-electron chi connectivity index (χ3n) is 4.22. The van der Waals surface area contributed by atoms with Gasteiger partial charge in [0, 0.05) is 24.7 Å². The van der Waals surface area contributed by atoms with Crippen LogP contribution in [0.15, 0.2) is 42.5 Å². The van der Waals surface area contributed by atoms with Gasteiger partial charge in [0.25, 0.3) is 5.91 Å². The molecule has 1 N–H and O–H groups in total. The van der Waals surface area contributed by atoms with Gasteiger partial charge in [-0.3, -0.25) is 14.4 Å². The molecule has 0 aromatic heterocycles. The smallest absolute Gasteiger partial charge is 0.417 e. The molecule has 0 aliphatic carbocycles. The Morgan fingerprint density at radius 1 is 1.10 bits per heavy atom. The summed E-state index contributed by atoms with van der Waals surface area (Å²) in [6.45, 7) is 1.000. The van der Waals surface area contributed by atoms with E-state index in [0.717, 1.165) is 17.0 Å². The molecule has 0 atom stereocenters. The third kappa shape index (κ3) is 6.99. The average molecular weight is 457 g/mol. The van der Waals surface area contributed by atoms with E-state index in [1.807, 2.05) is 0 Å². The fourth-order valence-electron chi connectivity index (χ4n) is 2.52. The minimum Gasteiger partial charge on any atom is -0.484 e. The first-order valence-electron chi connectivity index (χ1n) is 9.18. The quantitative estimate of drug-likeness (QED) is 0.596. The molecule has 0 fully saturated rings. The van der Waals surface area contributed by atoms with E-state index in [0.29, 0.717) is 17.7 Å². The van der Waals surface area contributed by atoms with Crippen LogP contribution in [0, 0.1) is 0 Å². The molecule has 0 aliphatic heterocycles. The molecule has 31 heavy (non-hydrogen) atoms. The summed E-state index contributed by atoms with van der Waals surface area (Å²) in [5.74, 6) is -0.846. The molecule has 0 bridgehead atoms. The molecule has 166 valence electrons. The largest absolute Gasteiger partial charge is 0.484 e. The van der Waals surface area contributed by atoms with Gasteiger partial charge in [-0.05, 0) is 42.5 Å². The van der Waals surface area contributed by atoms with E-state index in [9.17, 15) is 27.6 Å². The lowest BCUT2D eigenvalue weighted by atomic mass is 10.1. The van der Waals surface area contributed by atoms with E-state index in [1.54, 1.807) is 31.2 Å². The Morgan fingerprint density at radius 3 is 2.32 bits per heavy atom. The normalized spacial score (nSPS) is 11.0. The van der Waals surface area contributed by atoms with Gasteiger partial charge < -0.3 is 15.0 Å². The van der Waals surface area contributed by atoms with Crippen molar-refractivity contribution in [2.24, 2.45) is 0 Å². The van der Waals surface area contributed by atoms with Crippen molar-refractivity contribution >= 4 is 34.9 Å². The molecular weight excluding hydrogens is 437 g/mol. The molecule has 10 heteroatoms. The lowest BCUT2D eigenvalue weighted by Gasteiger charge is -2.18. The molecule has 0 unspecified atom stereocenters. The van der Waals surface area contributed by atoms with Crippen molar-refractivity contribution < 1.29 is 32.3 Å². The molecule has 2 rings (SSSR count). The number of anilines is 1. The highest BCUT2D eigenvalue weighted by Crippen LogP contribution is 2.36. The summed E-state index contributed by atoms with van der Waals surface area (Å²) in [6, 6.07) is 9.27. The number of carbonyl (C=O) groups is 3. The highest BCUT2D eigenvalue weighted by molar-refractivity contribution is 6.31. The van der Waals surface area contributed by atoms with Crippen LogP contribution < -0.4 is 10.1 Å². The molecule has 2 aromatic carbocycles.